The Morgan fingerprint density at radius 1 is 0.852 bits per heavy atom. The highest BCUT2D eigenvalue weighted by Crippen LogP contribution is 2.13. The minimum absolute atomic E-state index is 0.229. The van der Waals surface area contributed by atoms with Crippen LogP contribution in [0.1, 0.15) is 43.2 Å². The van der Waals surface area contributed by atoms with Crippen molar-refractivity contribution in [2.45, 2.75) is 45.4 Å². The van der Waals surface area contributed by atoms with Crippen LogP contribution in [0.15, 0.2) is 24.3 Å². The molecule has 0 bridgehead atoms. The second kappa shape index (κ2) is 9.88. The lowest BCUT2D eigenvalue weighted by Gasteiger charge is -2.35. The third-order valence-electron chi connectivity index (χ3n) is 5.92. The standard InChI is InChI=1S/C22H33N3O2/c1-19-7-2-3-8-20(19)9-6-10-21(26)24-15-17-25(18-16-24)22(27)11-14-23-12-4-5-13-23/h2-3,7-8H,4-6,9-18H2,1H3. The Kier molecular flexibility index (Phi) is 7.27. The molecule has 1 aromatic rings. The van der Waals surface area contributed by atoms with E-state index in [1.54, 1.807) is 0 Å². The molecule has 1 aromatic carbocycles. The lowest BCUT2D eigenvalue weighted by molar-refractivity contribution is -0.139. The zero-order valence-electron chi connectivity index (χ0n) is 16.7. The van der Waals surface area contributed by atoms with Crippen molar-refractivity contribution in [2.75, 3.05) is 45.8 Å². The molecule has 2 saturated heterocycles. The van der Waals surface area contributed by atoms with E-state index in [1.165, 1.54) is 24.0 Å². The van der Waals surface area contributed by atoms with Crippen LogP contribution in [-0.4, -0.2) is 72.3 Å². The Hall–Kier alpha value is -1.88. The number of carbonyl (C=O) groups excluding carboxylic acids is 2. The summed E-state index contributed by atoms with van der Waals surface area (Å²) in [7, 11) is 0. The monoisotopic (exact) mass is 371 g/mol. The SMILES string of the molecule is Cc1ccccc1CCCC(=O)N1CCN(C(=O)CCN2CCCC2)CC1. The summed E-state index contributed by atoms with van der Waals surface area (Å²) >= 11 is 0. The minimum atomic E-state index is 0.229. The molecule has 5 nitrogen and oxygen atoms in total. The molecule has 0 aliphatic carbocycles. The van der Waals surface area contributed by atoms with Gasteiger partial charge in [-0.25, -0.2) is 0 Å². The summed E-state index contributed by atoms with van der Waals surface area (Å²) < 4.78 is 0. The van der Waals surface area contributed by atoms with Crippen LogP contribution in [0.25, 0.3) is 0 Å². The third-order valence-corrected chi connectivity index (χ3v) is 5.92. The number of rotatable bonds is 7. The molecule has 2 fully saturated rings. The average molecular weight is 372 g/mol. The van der Waals surface area contributed by atoms with E-state index >= 15 is 0 Å². The Labute approximate surface area is 163 Å². The Morgan fingerprint density at radius 3 is 2.07 bits per heavy atom. The average Bonchev–Trinajstić information content (AvgIpc) is 3.21. The first-order chi connectivity index (χ1) is 13.1. The van der Waals surface area contributed by atoms with E-state index < -0.39 is 0 Å². The maximum absolute atomic E-state index is 12.5. The summed E-state index contributed by atoms with van der Waals surface area (Å²) in [5, 5.41) is 0. The zero-order chi connectivity index (χ0) is 19.1. The van der Waals surface area contributed by atoms with Gasteiger partial charge in [0, 0.05) is 45.6 Å². The van der Waals surface area contributed by atoms with Crippen molar-refractivity contribution in [3.63, 3.8) is 0 Å². The van der Waals surface area contributed by atoms with Crippen molar-refractivity contribution in [3.8, 4) is 0 Å². The number of piperazine rings is 1. The number of benzene rings is 1. The molecule has 0 N–H and O–H groups in total. The van der Waals surface area contributed by atoms with Crippen molar-refractivity contribution in [1.82, 2.24) is 14.7 Å². The van der Waals surface area contributed by atoms with E-state index in [1.807, 2.05) is 9.80 Å². The molecule has 2 amide bonds. The van der Waals surface area contributed by atoms with Gasteiger partial charge in [-0.3, -0.25) is 9.59 Å². The van der Waals surface area contributed by atoms with Crippen LogP contribution in [0.5, 0.6) is 0 Å². The quantitative estimate of drug-likeness (QED) is 0.740. The fraction of sp³-hybridized carbons (Fsp3) is 0.636. The van der Waals surface area contributed by atoms with Gasteiger partial charge in [0.15, 0.2) is 0 Å². The Balaban J connectivity index is 1.33. The lowest BCUT2D eigenvalue weighted by atomic mass is 10.0. The highest BCUT2D eigenvalue weighted by molar-refractivity contribution is 5.78. The van der Waals surface area contributed by atoms with Crippen molar-refractivity contribution >= 4 is 11.8 Å². The van der Waals surface area contributed by atoms with Gasteiger partial charge < -0.3 is 14.7 Å². The third kappa shape index (κ3) is 5.80. The normalized spacial score (nSPS) is 18.1. The van der Waals surface area contributed by atoms with Crippen LogP contribution < -0.4 is 0 Å². The van der Waals surface area contributed by atoms with Crippen LogP contribution in [0.2, 0.25) is 0 Å². The molecule has 0 unspecified atom stereocenters. The fourth-order valence-electron chi connectivity index (χ4n) is 4.10. The van der Waals surface area contributed by atoms with E-state index in [2.05, 4.69) is 36.1 Å². The van der Waals surface area contributed by atoms with Crippen LogP contribution in [0, 0.1) is 6.92 Å². The second-order valence-corrected chi connectivity index (χ2v) is 7.84. The molecule has 27 heavy (non-hydrogen) atoms. The van der Waals surface area contributed by atoms with Gasteiger partial charge in [-0.1, -0.05) is 24.3 Å². The summed E-state index contributed by atoms with van der Waals surface area (Å²) in [6, 6.07) is 8.38. The summed E-state index contributed by atoms with van der Waals surface area (Å²) in [6.45, 7) is 8.01. The van der Waals surface area contributed by atoms with Crippen molar-refractivity contribution in [2.24, 2.45) is 0 Å². The first-order valence-electron chi connectivity index (χ1n) is 10.5. The maximum atomic E-state index is 12.5. The van der Waals surface area contributed by atoms with Gasteiger partial charge >= 0.3 is 0 Å². The first-order valence-corrected chi connectivity index (χ1v) is 10.5. The molecule has 0 radical (unpaired) electrons. The topological polar surface area (TPSA) is 43.9 Å². The van der Waals surface area contributed by atoms with E-state index in [0.29, 0.717) is 39.0 Å². The van der Waals surface area contributed by atoms with Gasteiger partial charge in [0.2, 0.25) is 11.8 Å². The van der Waals surface area contributed by atoms with Gasteiger partial charge in [-0.2, -0.15) is 0 Å². The largest absolute Gasteiger partial charge is 0.339 e. The highest BCUT2D eigenvalue weighted by Gasteiger charge is 2.24. The Morgan fingerprint density at radius 2 is 1.44 bits per heavy atom. The van der Waals surface area contributed by atoms with Gasteiger partial charge in [-0.15, -0.1) is 0 Å². The lowest BCUT2D eigenvalue weighted by Crippen LogP contribution is -2.51. The molecular formula is C22H33N3O2. The van der Waals surface area contributed by atoms with E-state index in [-0.39, 0.29) is 11.8 Å². The molecule has 0 spiro atoms. The fourth-order valence-corrected chi connectivity index (χ4v) is 4.10. The van der Waals surface area contributed by atoms with Crippen molar-refractivity contribution in [3.05, 3.63) is 35.4 Å². The van der Waals surface area contributed by atoms with Gasteiger partial charge in [-0.05, 0) is 56.8 Å². The number of hydrogen-bond donors (Lipinski definition) is 0. The molecule has 148 valence electrons. The van der Waals surface area contributed by atoms with Crippen LogP contribution in [0.3, 0.4) is 0 Å². The molecule has 5 heteroatoms. The minimum Gasteiger partial charge on any atom is -0.339 e. The molecule has 2 aliphatic rings. The molecule has 0 atom stereocenters. The van der Waals surface area contributed by atoms with Gasteiger partial charge in [0.05, 0.1) is 0 Å². The molecule has 0 saturated carbocycles. The molecule has 2 aliphatic heterocycles. The summed E-state index contributed by atoms with van der Waals surface area (Å²) in [6.07, 6.45) is 5.57. The van der Waals surface area contributed by atoms with E-state index in [4.69, 9.17) is 0 Å². The van der Waals surface area contributed by atoms with Crippen LogP contribution in [-0.2, 0) is 16.0 Å². The maximum Gasteiger partial charge on any atom is 0.223 e. The number of aryl methyl sites for hydroxylation is 2. The van der Waals surface area contributed by atoms with Crippen molar-refractivity contribution < 1.29 is 9.59 Å². The number of amides is 2. The van der Waals surface area contributed by atoms with E-state index in [9.17, 15) is 9.59 Å². The van der Waals surface area contributed by atoms with E-state index in [0.717, 1.165) is 32.5 Å². The Bertz CT molecular complexity index is 632. The summed E-state index contributed by atoms with van der Waals surface area (Å²) in [5.41, 5.74) is 2.63. The predicted octanol–water partition coefficient (Wildman–Crippen LogP) is 2.47. The smallest absolute Gasteiger partial charge is 0.223 e. The second-order valence-electron chi connectivity index (χ2n) is 7.84. The molecule has 3 rings (SSSR count). The first kappa shape index (κ1) is 19.9. The molecule has 0 aromatic heterocycles. The predicted molar refractivity (Wildman–Crippen MR) is 108 cm³/mol. The highest BCUT2D eigenvalue weighted by atomic mass is 16.2. The number of carbonyl (C=O) groups is 2. The molecular weight excluding hydrogens is 338 g/mol. The van der Waals surface area contributed by atoms with Gasteiger partial charge in [0.1, 0.15) is 0 Å². The molecule has 2 heterocycles. The van der Waals surface area contributed by atoms with Crippen LogP contribution >= 0.6 is 0 Å². The number of nitrogens with zero attached hydrogens (tertiary/aromatic N) is 3. The summed E-state index contributed by atoms with van der Waals surface area (Å²) in [5.74, 6) is 0.473. The summed E-state index contributed by atoms with van der Waals surface area (Å²) in [4.78, 5) is 31.1. The van der Waals surface area contributed by atoms with Gasteiger partial charge in [0.25, 0.3) is 0 Å². The number of hydrogen-bond acceptors (Lipinski definition) is 3. The zero-order valence-corrected chi connectivity index (χ0v) is 16.7. The van der Waals surface area contributed by atoms with Crippen molar-refractivity contribution in [1.29, 1.82) is 0 Å². The van der Waals surface area contributed by atoms with Crippen LogP contribution in [0.4, 0.5) is 0 Å². The number of likely N-dealkylation sites (tertiary alicyclic amines) is 1.